The number of carbonyl (C=O) groups is 1. The molecule has 0 radical (unpaired) electrons. The van der Waals surface area contributed by atoms with Crippen LogP contribution >= 0.6 is 45.8 Å². The zero-order valence-corrected chi connectivity index (χ0v) is 24.8. The van der Waals surface area contributed by atoms with Gasteiger partial charge < -0.3 is 9.88 Å². The SMILES string of the molecule is O=C(c1ccsn1)n1nc(-c2cn(Cc3ccsc3)c(=O)cc2C#Cc2ccccc2)c(F)c1NCc1ccc(Cl)s1. The summed E-state index contributed by atoms with van der Waals surface area (Å²) in [6.45, 7) is 0.494. The van der Waals surface area contributed by atoms with E-state index in [1.54, 1.807) is 23.7 Å². The van der Waals surface area contributed by atoms with Crippen LogP contribution in [0.15, 0.2) is 87.8 Å². The summed E-state index contributed by atoms with van der Waals surface area (Å²) < 4.78 is 23.5. The molecule has 0 aliphatic heterocycles. The van der Waals surface area contributed by atoms with E-state index >= 15 is 4.39 Å². The van der Waals surface area contributed by atoms with Gasteiger partial charge in [-0.3, -0.25) is 9.59 Å². The van der Waals surface area contributed by atoms with Crippen molar-refractivity contribution in [2.24, 2.45) is 0 Å². The van der Waals surface area contributed by atoms with Gasteiger partial charge in [0.15, 0.2) is 11.6 Å². The van der Waals surface area contributed by atoms with Crippen molar-refractivity contribution in [3.8, 4) is 23.1 Å². The maximum atomic E-state index is 16.4. The van der Waals surface area contributed by atoms with Gasteiger partial charge in [0.2, 0.25) is 0 Å². The van der Waals surface area contributed by atoms with Gasteiger partial charge in [0.05, 0.1) is 17.4 Å². The average molecular weight is 632 g/mol. The molecule has 6 rings (SSSR count). The van der Waals surface area contributed by atoms with Crippen molar-refractivity contribution in [1.82, 2.24) is 18.7 Å². The number of hydrogen-bond donors (Lipinski definition) is 1. The Morgan fingerprint density at radius 3 is 2.64 bits per heavy atom. The van der Waals surface area contributed by atoms with E-state index < -0.39 is 11.7 Å². The molecule has 0 saturated carbocycles. The smallest absolute Gasteiger partial charge is 0.299 e. The predicted molar refractivity (Wildman–Crippen MR) is 166 cm³/mol. The molecule has 5 heterocycles. The van der Waals surface area contributed by atoms with Gasteiger partial charge in [-0.1, -0.05) is 41.6 Å². The zero-order valence-electron chi connectivity index (χ0n) is 21.6. The molecule has 0 saturated heterocycles. The molecule has 0 bridgehead atoms. The summed E-state index contributed by atoms with van der Waals surface area (Å²) in [7, 11) is 0. The second-order valence-electron chi connectivity index (χ2n) is 8.99. The van der Waals surface area contributed by atoms with E-state index in [0.29, 0.717) is 4.34 Å². The first-order valence-corrected chi connectivity index (χ1v) is 15.5. The third kappa shape index (κ3) is 5.98. The largest absolute Gasteiger partial charge is 0.363 e. The van der Waals surface area contributed by atoms with Crippen molar-refractivity contribution in [1.29, 1.82) is 0 Å². The lowest BCUT2D eigenvalue weighted by Gasteiger charge is -2.09. The number of benzene rings is 1. The van der Waals surface area contributed by atoms with E-state index in [9.17, 15) is 9.59 Å². The Morgan fingerprint density at radius 2 is 1.93 bits per heavy atom. The van der Waals surface area contributed by atoms with Crippen LogP contribution in [0, 0.1) is 17.7 Å². The molecule has 208 valence electrons. The highest BCUT2D eigenvalue weighted by Crippen LogP contribution is 2.31. The van der Waals surface area contributed by atoms with Crippen molar-refractivity contribution in [3.05, 3.63) is 131 Å². The van der Waals surface area contributed by atoms with Crippen LogP contribution in [0.3, 0.4) is 0 Å². The molecular formula is C30H19ClFN5O2S3. The van der Waals surface area contributed by atoms with Crippen LogP contribution in [0.25, 0.3) is 11.3 Å². The van der Waals surface area contributed by atoms with E-state index in [0.717, 1.165) is 32.2 Å². The fourth-order valence-corrected chi connectivity index (χ4v) is 6.34. The summed E-state index contributed by atoms with van der Waals surface area (Å²) in [6.07, 6.45) is 1.54. The average Bonchev–Trinajstić information content (AvgIpc) is 3.82. The van der Waals surface area contributed by atoms with Crippen molar-refractivity contribution in [2.75, 3.05) is 5.32 Å². The summed E-state index contributed by atoms with van der Waals surface area (Å²) in [5.74, 6) is 4.57. The molecule has 0 amide bonds. The van der Waals surface area contributed by atoms with Gasteiger partial charge >= 0.3 is 0 Å². The quantitative estimate of drug-likeness (QED) is 0.195. The molecule has 12 heteroatoms. The number of halogens is 2. The predicted octanol–water partition coefficient (Wildman–Crippen LogP) is 6.83. The molecule has 0 atom stereocenters. The highest BCUT2D eigenvalue weighted by molar-refractivity contribution is 7.16. The fourth-order valence-electron chi connectivity index (χ4n) is 4.15. The van der Waals surface area contributed by atoms with E-state index in [4.69, 9.17) is 11.6 Å². The zero-order chi connectivity index (χ0) is 29.1. The number of nitrogens with zero attached hydrogens (tertiary/aromatic N) is 4. The molecule has 42 heavy (non-hydrogen) atoms. The Kier molecular flexibility index (Phi) is 8.12. The molecule has 1 N–H and O–H groups in total. The van der Waals surface area contributed by atoms with Gasteiger partial charge in [-0.15, -0.1) is 11.3 Å². The van der Waals surface area contributed by atoms with Gasteiger partial charge in [0, 0.05) is 39.2 Å². The first-order chi connectivity index (χ1) is 20.5. The van der Waals surface area contributed by atoms with Crippen molar-refractivity contribution < 1.29 is 9.18 Å². The maximum absolute atomic E-state index is 16.4. The second kappa shape index (κ2) is 12.3. The lowest BCUT2D eigenvalue weighted by Crippen LogP contribution is -2.20. The third-order valence-electron chi connectivity index (χ3n) is 6.17. The summed E-state index contributed by atoms with van der Waals surface area (Å²) in [6, 6.07) is 17.7. The first kappa shape index (κ1) is 27.8. The molecule has 6 aromatic rings. The fraction of sp³-hybridized carbons (Fsp3) is 0.0667. The van der Waals surface area contributed by atoms with Crippen LogP contribution in [0.4, 0.5) is 10.2 Å². The Balaban J connectivity index is 1.50. The van der Waals surface area contributed by atoms with Crippen LogP contribution in [0.1, 0.15) is 32.1 Å². The molecule has 1 aromatic carbocycles. The van der Waals surface area contributed by atoms with Crippen LogP contribution in [0.5, 0.6) is 0 Å². The summed E-state index contributed by atoms with van der Waals surface area (Å²) in [5, 5.41) is 13.0. The molecule has 0 spiro atoms. The highest BCUT2D eigenvalue weighted by atomic mass is 35.5. The molecule has 0 fully saturated rings. The molecule has 0 unspecified atom stereocenters. The lowest BCUT2D eigenvalue weighted by atomic mass is 10.1. The number of aromatic nitrogens is 4. The van der Waals surface area contributed by atoms with E-state index in [1.165, 1.54) is 33.3 Å². The van der Waals surface area contributed by atoms with E-state index in [-0.39, 0.29) is 47.0 Å². The topological polar surface area (TPSA) is 81.8 Å². The van der Waals surface area contributed by atoms with Crippen molar-refractivity contribution in [2.45, 2.75) is 13.1 Å². The molecular weight excluding hydrogens is 613 g/mol. The lowest BCUT2D eigenvalue weighted by molar-refractivity contribution is 0.0943. The summed E-state index contributed by atoms with van der Waals surface area (Å²) >= 11 is 10.0. The molecule has 7 nitrogen and oxygen atoms in total. The van der Waals surface area contributed by atoms with Gasteiger partial charge in [-0.05, 0) is 64.3 Å². The van der Waals surface area contributed by atoms with Crippen molar-refractivity contribution in [3.63, 3.8) is 0 Å². The van der Waals surface area contributed by atoms with E-state index in [1.807, 2.05) is 53.2 Å². The van der Waals surface area contributed by atoms with Gasteiger partial charge in [-0.25, -0.2) is 4.39 Å². The Morgan fingerprint density at radius 1 is 1.07 bits per heavy atom. The number of nitrogens with one attached hydrogen (secondary N) is 1. The number of carbonyl (C=O) groups excluding carboxylic acids is 1. The monoisotopic (exact) mass is 631 g/mol. The molecule has 0 aliphatic rings. The van der Waals surface area contributed by atoms with Gasteiger partial charge in [0.1, 0.15) is 11.4 Å². The maximum Gasteiger partial charge on any atom is 0.299 e. The number of hydrogen-bond acceptors (Lipinski definition) is 8. The standard InChI is InChI=1S/C30H19ClFN5O2S3/c31-25-9-8-22(42-25)15-33-29-27(32)28(34-37(29)30(39)24-11-13-41-35-24)23-17-36(16-20-10-12-40-18-20)26(38)14-21(23)7-6-19-4-2-1-3-5-19/h1-5,8-14,17-18,33H,15-16H2. The normalized spacial score (nSPS) is 10.8. The summed E-state index contributed by atoms with van der Waals surface area (Å²) in [5.41, 5.74) is 1.92. The van der Waals surface area contributed by atoms with E-state index in [2.05, 4.69) is 26.6 Å². The number of anilines is 1. The molecule has 5 aromatic heterocycles. The minimum Gasteiger partial charge on any atom is -0.363 e. The minimum absolute atomic E-state index is 0.123. The third-order valence-corrected chi connectivity index (χ3v) is 8.69. The number of thiophene rings is 2. The highest BCUT2D eigenvalue weighted by Gasteiger charge is 2.27. The minimum atomic E-state index is -0.760. The van der Waals surface area contributed by atoms with Gasteiger partial charge in [0.25, 0.3) is 11.5 Å². The summed E-state index contributed by atoms with van der Waals surface area (Å²) in [4.78, 5) is 27.4. The first-order valence-electron chi connectivity index (χ1n) is 12.5. The van der Waals surface area contributed by atoms with Crippen LogP contribution < -0.4 is 10.9 Å². The van der Waals surface area contributed by atoms with Crippen LogP contribution in [-0.2, 0) is 13.1 Å². The number of rotatable bonds is 7. The second-order valence-corrected chi connectivity index (χ2v) is 12.2. The van der Waals surface area contributed by atoms with Crippen LogP contribution in [-0.4, -0.2) is 24.6 Å². The van der Waals surface area contributed by atoms with Crippen LogP contribution in [0.2, 0.25) is 4.34 Å². The molecule has 0 aliphatic carbocycles. The number of pyridine rings is 1. The Bertz CT molecular complexity index is 1990. The van der Waals surface area contributed by atoms with Crippen molar-refractivity contribution >= 4 is 57.5 Å². The van der Waals surface area contributed by atoms with Gasteiger partial charge in [-0.2, -0.15) is 25.5 Å². The Labute approximate surface area is 256 Å². The Hall–Kier alpha value is -4.34.